The first-order valence-electron chi connectivity index (χ1n) is 15.3. The fourth-order valence-corrected chi connectivity index (χ4v) is 5.73. The zero-order valence-electron chi connectivity index (χ0n) is 25.5. The van der Waals surface area contributed by atoms with Gasteiger partial charge < -0.3 is 35.8 Å². The minimum atomic E-state index is -0.690. The lowest BCUT2D eigenvalue weighted by Crippen LogP contribution is -2.47. The summed E-state index contributed by atoms with van der Waals surface area (Å²) in [6.07, 6.45) is 2.46. The van der Waals surface area contributed by atoms with Crippen molar-refractivity contribution in [3.05, 3.63) is 90.0 Å². The number of hydrogen-bond acceptors (Lipinski definition) is 7. The van der Waals surface area contributed by atoms with E-state index in [0.29, 0.717) is 38.2 Å². The van der Waals surface area contributed by atoms with Crippen LogP contribution in [0.5, 0.6) is 0 Å². The van der Waals surface area contributed by atoms with Gasteiger partial charge in [0.1, 0.15) is 12.6 Å². The fourth-order valence-electron chi connectivity index (χ4n) is 5.73. The number of carbonyl (C=O) groups is 4. The van der Waals surface area contributed by atoms with Crippen LogP contribution in [0.15, 0.2) is 78.9 Å². The van der Waals surface area contributed by atoms with Crippen molar-refractivity contribution in [2.24, 2.45) is 0 Å². The molecule has 11 nitrogen and oxygen atoms in total. The minimum Gasteiger partial charge on any atom is -0.453 e. The van der Waals surface area contributed by atoms with Gasteiger partial charge in [-0.1, -0.05) is 42.5 Å². The lowest BCUT2D eigenvalue weighted by Gasteiger charge is -2.26. The van der Waals surface area contributed by atoms with Gasteiger partial charge in [-0.15, -0.1) is 0 Å². The first-order chi connectivity index (χ1) is 21.9. The highest BCUT2D eigenvalue weighted by atomic mass is 16.5. The maximum absolute atomic E-state index is 13.1. The van der Waals surface area contributed by atoms with Crippen LogP contribution in [0.4, 0.5) is 21.9 Å². The molecule has 236 valence electrons. The number of benzene rings is 3. The molecule has 0 aliphatic carbocycles. The van der Waals surface area contributed by atoms with E-state index in [4.69, 9.17) is 0 Å². The summed E-state index contributed by atoms with van der Waals surface area (Å²) in [6, 6.07) is 25.1. The summed E-state index contributed by atoms with van der Waals surface area (Å²) in [5.74, 6) is -0.570. The molecule has 2 fully saturated rings. The quantitative estimate of drug-likeness (QED) is 0.259. The molecule has 2 saturated heterocycles. The van der Waals surface area contributed by atoms with Crippen LogP contribution in [-0.2, 0) is 32.2 Å². The molecule has 2 atom stereocenters. The highest BCUT2D eigenvalue weighted by Gasteiger charge is 2.34. The average Bonchev–Trinajstić information content (AvgIpc) is 3.79. The zero-order chi connectivity index (χ0) is 31.6. The number of methoxy groups -OCH3 is 1. The second-order valence-corrected chi connectivity index (χ2v) is 11.3. The molecule has 2 aliphatic heterocycles. The maximum atomic E-state index is 13.1. The molecule has 4 N–H and O–H groups in total. The van der Waals surface area contributed by atoms with Gasteiger partial charge in [0, 0.05) is 36.7 Å². The van der Waals surface area contributed by atoms with Gasteiger partial charge >= 0.3 is 6.09 Å². The van der Waals surface area contributed by atoms with Crippen LogP contribution in [0.25, 0.3) is 0 Å². The van der Waals surface area contributed by atoms with Crippen LogP contribution < -0.4 is 26.2 Å². The molecule has 11 heteroatoms. The van der Waals surface area contributed by atoms with Crippen molar-refractivity contribution >= 4 is 40.9 Å². The summed E-state index contributed by atoms with van der Waals surface area (Å²) in [5, 5.41) is 11.6. The van der Waals surface area contributed by atoms with E-state index in [0.717, 1.165) is 41.9 Å². The lowest BCUT2D eigenvalue weighted by atomic mass is 10.1. The summed E-state index contributed by atoms with van der Waals surface area (Å²) < 4.78 is 4.52. The number of anilines is 3. The van der Waals surface area contributed by atoms with Crippen LogP contribution in [0.1, 0.15) is 36.8 Å². The van der Waals surface area contributed by atoms with Gasteiger partial charge in [0.2, 0.25) is 17.7 Å². The summed E-state index contributed by atoms with van der Waals surface area (Å²) in [4.78, 5) is 53.2. The molecule has 0 aromatic heterocycles. The van der Waals surface area contributed by atoms with Gasteiger partial charge in [0.15, 0.2) is 0 Å². The van der Waals surface area contributed by atoms with Crippen LogP contribution in [0.2, 0.25) is 0 Å². The number of rotatable bonds is 11. The molecule has 2 heterocycles. The monoisotopic (exact) mass is 612 g/mol. The summed E-state index contributed by atoms with van der Waals surface area (Å²) in [7, 11) is 1.23. The van der Waals surface area contributed by atoms with E-state index in [-0.39, 0.29) is 30.3 Å². The standard InChI is InChI=1S/C34H40N6O5/c1-45-34(44)36-21-31(41)40-20-6-10-30(40)33(43)38-27-17-13-25(14-18-27)23-39(28-7-3-2-4-8-28)22-24-11-15-26(16-12-24)37-32(42)29-9-5-19-35-29/h2-4,7-8,11-18,29-30,35H,5-6,9-10,19-23H2,1H3,(H,36,44)(H,37,42)(H,38,43)/t29-,30-/m0/s1. The molecular formula is C34H40N6O5. The molecular weight excluding hydrogens is 572 g/mol. The fraction of sp³-hybridized carbons (Fsp3) is 0.353. The Morgan fingerprint density at radius 2 is 1.44 bits per heavy atom. The number of para-hydroxylation sites is 1. The molecule has 5 rings (SSSR count). The van der Waals surface area contributed by atoms with Gasteiger partial charge in [-0.25, -0.2) is 4.79 Å². The number of alkyl carbamates (subject to hydrolysis) is 1. The number of ether oxygens (including phenoxy) is 1. The lowest BCUT2D eigenvalue weighted by molar-refractivity contribution is -0.135. The van der Waals surface area contributed by atoms with Gasteiger partial charge in [-0.3, -0.25) is 14.4 Å². The predicted molar refractivity (Wildman–Crippen MR) is 173 cm³/mol. The van der Waals surface area contributed by atoms with Gasteiger partial charge in [-0.2, -0.15) is 0 Å². The Morgan fingerprint density at radius 1 is 0.822 bits per heavy atom. The van der Waals surface area contributed by atoms with E-state index in [1.807, 2.05) is 66.7 Å². The molecule has 4 amide bonds. The number of carbonyl (C=O) groups excluding carboxylic acids is 4. The van der Waals surface area contributed by atoms with Crippen molar-refractivity contribution < 1.29 is 23.9 Å². The molecule has 0 bridgehead atoms. The number of likely N-dealkylation sites (tertiary alicyclic amines) is 1. The smallest absolute Gasteiger partial charge is 0.407 e. The molecule has 3 aromatic carbocycles. The first-order valence-corrected chi connectivity index (χ1v) is 15.3. The molecule has 0 radical (unpaired) electrons. The Hall–Kier alpha value is -4.90. The van der Waals surface area contributed by atoms with Gasteiger partial charge in [0.05, 0.1) is 13.2 Å². The highest BCUT2D eigenvalue weighted by molar-refractivity contribution is 5.98. The Kier molecular flexibility index (Phi) is 10.7. The van der Waals surface area contributed by atoms with Crippen LogP contribution in [0.3, 0.4) is 0 Å². The van der Waals surface area contributed by atoms with Gasteiger partial charge in [0.25, 0.3) is 0 Å². The summed E-state index contributed by atoms with van der Waals surface area (Å²) in [5.41, 5.74) is 4.68. The molecule has 2 aliphatic rings. The number of amides is 4. The third-order valence-electron chi connectivity index (χ3n) is 8.13. The predicted octanol–water partition coefficient (Wildman–Crippen LogP) is 3.87. The normalized spacial score (nSPS) is 17.4. The Labute approximate surface area is 263 Å². The molecule has 0 saturated carbocycles. The van der Waals surface area contributed by atoms with Crippen molar-refractivity contribution in [2.45, 2.75) is 50.9 Å². The molecule has 3 aromatic rings. The van der Waals surface area contributed by atoms with Crippen LogP contribution in [-0.4, -0.2) is 67.5 Å². The Balaban J connectivity index is 1.19. The van der Waals surface area contributed by atoms with E-state index < -0.39 is 12.1 Å². The summed E-state index contributed by atoms with van der Waals surface area (Å²) >= 11 is 0. The largest absolute Gasteiger partial charge is 0.453 e. The first kappa shape index (κ1) is 31.5. The van der Waals surface area contributed by atoms with Crippen molar-refractivity contribution in [3.8, 4) is 0 Å². The average molecular weight is 613 g/mol. The van der Waals surface area contributed by atoms with Gasteiger partial charge in [-0.05, 0) is 79.8 Å². The number of nitrogens with one attached hydrogen (secondary N) is 4. The number of nitrogens with zero attached hydrogens (tertiary/aromatic N) is 2. The second-order valence-electron chi connectivity index (χ2n) is 11.3. The Morgan fingerprint density at radius 3 is 2.02 bits per heavy atom. The van der Waals surface area contributed by atoms with E-state index in [9.17, 15) is 19.2 Å². The molecule has 45 heavy (non-hydrogen) atoms. The SMILES string of the molecule is COC(=O)NCC(=O)N1CCC[C@H]1C(=O)Nc1ccc(CN(Cc2ccc(NC(=O)[C@@H]3CCCN3)cc2)c2ccccc2)cc1. The van der Waals surface area contributed by atoms with E-state index >= 15 is 0 Å². The van der Waals surface area contributed by atoms with Crippen molar-refractivity contribution in [2.75, 3.05) is 42.3 Å². The molecule has 0 unspecified atom stereocenters. The van der Waals surface area contributed by atoms with Crippen molar-refractivity contribution in [1.82, 2.24) is 15.5 Å². The van der Waals surface area contributed by atoms with Crippen LogP contribution >= 0.6 is 0 Å². The van der Waals surface area contributed by atoms with Crippen molar-refractivity contribution in [1.29, 1.82) is 0 Å². The Bertz CT molecular complexity index is 1460. The number of hydrogen-bond donors (Lipinski definition) is 4. The van der Waals surface area contributed by atoms with Crippen LogP contribution in [0, 0.1) is 0 Å². The second kappa shape index (κ2) is 15.2. The third-order valence-corrected chi connectivity index (χ3v) is 8.13. The molecule has 0 spiro atoms. The summed E-state index contributed by atoms with van der Waals surface area (Å²) in [6.45, 7) is 2.43. The van der Waals surface area contributed by atoms with E-state index in [1.165, 1.54) is 12.0 Å². The zero-order valence-corrected chi connectivity index (χ0v) is 25.5. The van der Waals surface area contributed by atoms with E-state index in [1.54, 1.807) is 0 Å². The topological polar surface area (TPSA) is 132 Å². The van der Waals surface area contributed by atoms with Crippen molar-refractivity contribution in [3.63, 3.8) is 0 Å². The minimum absolute atomic E-state index is 0.00722. The van der Waals surface area contributed by atoms with E-state index in [2.05, 4.69) is 43.0 Å². The maximum Gasteiger partial charge on any atom is 0.407 e. The third kappa shape index (κ3) is 8.60. The highest BCUT2D eigenvalue weighted by Crippen LogP contribution is 2.23.